The lowest BCUT2D eigenvalue weighted by atomic mass is 9.63. The van der Waals surface area contributed by atoms with E-state index in [2.05, 4.69) is 0 Å². The van der Waals surface area contributed by atoms with E-state index in [0.29, 0.717) is 18.4 Å². The van der Waals surface area contributed by atoms with Crippen LogP contribution >= 0.6 is 0 Å². The van der Waals surface area contributed by atoms with Crippen molar-refractivity contribution in [2.75, 3.05) is 0 Å². The Labute approximate surface area is 106 Å². The molecular weight excluding hydrogens is 231 g/mol. The summed E-state index contributed by atoms with van der Waals surface area (Å²) in [5.41, 5.74) is 1.31. The van der Waals surface area contributed by atoms with Gasteiger partial charge in [-0.3, -0.25) is 4.79 Å². The van der Waals surface area contributed by atoms with Gasteiger partial charge in [0.2, 0.25) is 0 Å². The van der Waals surface area contributed by atoms with E-state index in [4.69, 9.17) is 0 Å². The quantitative estimate of drug-likeness (QED) is 0.872. The van der Waals surface area contributed by atoms with Crippen molar-refractivity contribution >= 4 is 5.97 Å². The Hall–Kier alpha value is -1.38. The first-order chi connectivity index (χ1) is 8.65. The SMILES string of the molecule is O=C(O)C1(c2ccc3c(c2F)CCCC3)CCC1. The van der Waals surface area contributed by atoms with Crippen LogP contribution in [0.25, 0.3) is 0 Å². The third kappa shape index (κ3) is 1.49. The fourth-order valence-corrected chi connectivity index (χ4v) is 3.28. The van der Waals surface area contributed by atoms with Gasteiger partial charge in [0.1, 0.15) is 5.82 Å². The number of rotatable bonds is 2. The Balaban J connectivity index is 2.10. The molecule has 0 heterocycles. The maximum atomic E-state index is 14.6. The Morgan fingerprint density at radius 3 is 2.50 bits per heavy atom. The van der Waals surface area contributed by atoms with E-state index in [1.54, 1.807) is 6.07 Å². The smallest absolute Gasteiger partial charge is 0.314 e. The summed E-state index contributed by atoms with van der Waals surface area (Å²) in [5, 5.41) is 9.40. The molecule has 1 fully saturated rings. The summed E-state index contributed by atoms with van der Waals surface area (Å²) in [7, 11) is 0. The highest BCUT2D eigenvalue weighted by Gasteiger charge is 2.48. The number of aliphatic carboxylic acids is 1. The highest BCUT2D eigenvalue weighted by Crippen LogP contribution is 2.46. The first-order valence-corrected chi connectivity index (χ1v) is 6.69. The van der Waals surface area contributed by atoms with Gasteiger partial charge in [0.25, 0.3) is 0 Å². The predicted molar refractivity (Wildman–Crippen MR) is 66.2 cm³/mol. The van der Waals surface area contributed by atoms with Crippen LogP contribution in [0.3, 0.4) is 0 Å². The lowest BCUT2D eigenvalue weighted by Crippen LogP contribution is -2.43. The zero-order valence-electron chi connectivity index (χ0n) is 10.3. The van der Waals surface area contributed by atoms with E-state index < -0.39 is 11.4 Å². The van der Waals surface area contributed by atoms with E-state index in [0.717, 1.165) is 43.2 Å². The molecule has 2 aliphatic rings. The van der Waals surface area contributed by atoms with Crippen molar-refractivity contribution in [3.63, 3.8) is 0 Å². The molecule has 3 heteroatoms. The van der Waals surface area contributed by atoms with Crippen LogP contribution in [0.2, 0.25) is 0 Å². The van der Waals surface area contributed by atoms with Crippen molar-refractivity contribution < 1.29 is 14.3 Å². The summed E-state index contributed by atoms with van der Waals surface area (Å²) in [6.07, 6.45) is 5.81. The molecule has 1 aromatic carbocycles. The summed E-state index contributed by atoms with van der Waals surface area (Å²) in [5.74, 6) is -1.11. The van der Waals surface area contributed by atoms with Crippen LogP contribution < -0.4 is 0 Å². The zero-order chi connectivity index (χ0) is 12.8. The summed E-state index contributed by atoms with van der Waals surface area (Å²) in [6.45, 7) is 0. The molecule has 18 heavy (non-hydrogen) atoms. The summed E-state index contributed by atoms with van der Waals surface area (Å²) < 4.78 is 14.6. The molecule has 0 aliphatic heterocycles. The van der Waals surface area contributed by atoms with Crippen LogP contribution in [-0.2, 0) is 23.1 Å². The minimum absolute atomic E-state index is 0.241. The topological polar surface area (TPSA) is 37.3 Å². The van der Waals surface area contributed by atoms with Gasteiger partial charge in [0.15, 0.2) is 0 Å². The maximum absolute atomic E-state index is 14.6. The van der Waals surface area contributed by atoms with Gasteiger partial charge in [-0.15, -0.1) is 0 Å². The molecule has 1 saturated carbocycles. The van der Waals surface area contributed by atoms with Gasteiger partial charge in [-0.25, -0.2) is 4.39 Å². The molecule has 0 radical (unpaired) electrons. The molecule has 3 rings (SSSR count). The fourth-order valence-electron chi connectivity index (χ4n) is 3.28. The Morgan fingerprint density at radius 1 is 1.17 bits per heavy atom. The monoisotopic (exact) mass is 248 g/mol. The first-order valence-electron chi connectivity index (χ1n) is 6.69. The van der Waals surface area contributed by atoms with Crippen LogP contribution in [0.15, 0.2) is 12.1 Å². The zero-order valence-corrected chi connectivity index (χ0v) is 10.3. The summed E-state index contributed by atoms with van der Waals surface area (Å²) >= 11 is 0. The number of benzene rings is 1. The third-order valence-electron chi connectivity index (χ3n) is 4.60. The van der Waals surface area contributed by atoms with Crippen molar-refractivity contribution in [3.05, 3.63) is 34.6 Å². The van der Waals surface area contributed by atoms with Crippen molar-refractivity contribution in [1.29, 1.82) is 0 Å². The molecule has 96 valence electrons. The minimum atomic E-state index is -0.948. The van der Waals surface area contributed by atoms with Gasteiger partial charge in [0.05, 0.1) is 5.41 Å². The second-order valence-corrected chi connectivity index (χ2v) is 5.51. The van der Waals surface area contributed by atoms with E-state index in [9.17, 15) is 14.3 Å². The Bertz CT molecular complexity index is 503. The maximum Gasteiger partial charge on any atom is 0.314 e. The van der Waals surface area contributed by atoms with Gasteiger partial charge in [0, 0.05) is 5.56 Å². The van der Waals surface area contributed by atoms with Gasteiger partial charge < -0.3 is 5.11 Å². The average Bonchev–Trinajstić information content (AvgIpc) is 2.30. The number of hydrogen-bond donors (Lipinski definition) is 1. The molecule has 2 aliphatic carbocycles. The number of carboxylic acid groups (broad SMARTS) is 1. The highest BCUT2D eigenvalue weighted by molar-refractivity contribution is 5.82. The highest BCUT2D eigenvalue weighted by atomic mass is 19.1. The lowest BCUT2D eigenvalue weighted by molar-refractivity contribution is -0.147. The number of halogens is 1. The molecule has 0 bridgehead atoms. The molecular formula is C15H17FO2. The minimum Gasteiger partial charge on any atom is -0.481 e. The van der Waals surface area contributed by atoms with E-state index >= 15 is 0 Å². The van der Waals surface area contributed by atoms with Crippen LogP contribution in [0.1, 0.15) is 48.8 Å². The summed E-state index contributed by atoms with van der Waals surface area (Å²) in [4.78, 5) is 11.5. The molecule has 0 unspecified atom stereocenters. The normalized spacial score (nSPS) is 20.9. The number of fused-ring (bicyclic) bond motifs is 1. The van der Waals surface area contributed by atoms with Crippen molar-refractivity contribution in [1.82, 2.24) is 0 Å². The van der Waals surface area contributed by atoms with Crippen LogP contribution in [0.5, 0.6) is 0 Å². The predicted octanol–water partition coefficient (Wildman–Crippen LogP) is 3.21. The van der Waals surface area contributed by atoms with E-state index in [-0.39, 0.29) is 5.82 Å². The van der Waals surface area contributed by atoms with Gasteiger partial charge in [-0.2, -0.15) is 0 Å². The third-order valence-corrected chi connectivity index (χ3v) is 4.60. The van der Waals surface area contributed by atoms with Gasteiger partial charge in [-0.1, -0.05) is 18.6 Å². The van der Waals surface area contributed by atoms with Gasteiger partial charge >= 0.3 is 5.97 Å². The van der Waals surface area contributed by atoms with E-state index in [1.165, 1.54) is 0 Å². The molecule has 0 amide bonds. The Morgan fingerprint density at radius 2 is 1.89 bits per heavy atom. The Kier molecular flexibility index (Phi) is 2.65. The molecule has 0 aromatic heterocycles. The molecule has 0 spiro atoms. The first kappa shape index (κ1) is 11.7. The second kappa shape index (κ2) is 4.08. The number of hydrogen-bond acceptors (Lipinski definition) is 1. The number of aryl methyl sites for hydroxylation is 1. The molecule has 2 nitrogen and oxygen atoms in total. The van der Waals surface area contributed by atoms with Gasteiger partial charge in [-0.05, 0) is 49.7 Å². The van der Waals surface area contributed by atoms with Crippen molar-refractivity contribution in [3.8, 4) is 0 Å². The summed E-state index contributed by atoms with van der Waals surface area (Å²) in [6, 6.07) is 3.66. The van der Waals surface area contributed by atoms with Crippen molar-refractivity contribution in [2.24, 2.45) is 0 Å². The molecule has 1 aromatic rings. The number of carboxylic acids is 1. The molecule has 0 saturated heterocycles. The molecule has 1 N–H and O–H groups in total. The van der Waals surface area contributed by atoms with Crippen LogP contribution in [-0.4, -0.2) is 11.1 Å². The number of carbonyl (C=O) groups is 1. The largest absolute Gasteiger partial charge is 0.481 e. The van der Waals surface area contributed by atoms with E-state index in [1.807, 2.05) is 6.07 Å². The van der Waals surface area contributed by atoms with Crippen LogP contribution in [0, 0.1) is 5.82 Å². The fraction of sp³-hybridized carbons (Fsp3) is 0.533. The average molecular weight is 248 g/mol. The molecule has 0 atom stereocenters. The van der Waals surface area contributed by atoms with Crippen molar-refractivity contribution in [2.45, 2.75) is 50.4 Å². The lowest BCUT2D eigenvalue weighted by Gasteiger charge is -2.39. The standard InChI is InChI=1S/C15H17FO2/c16-13-11-5-2-1-4-10(11)6-7-12(13)15(14(17)18)8-3-9-15/h6-7H,1-5,8-9H2,(H,17,18). The van der Waals surface area contributed by atoms with Crippen LogP contribution in [0.4, 0.5) is 4.39 Å². The second-order valence-electron chi connectivity index (χ2n) is 5.51.